The van der Waals surface area contributed by atoms with Crippen molar-refractivity contribution >= 4 is 0 Å². The minimum Gasteiger partial charge on any atom is -0.493 e. The van der Waals surface area contributed by atoms with Crippen LogP contribution in [0, 0.1) is 5.41 Å². The number of ether oxygens (including phenoxy) is 1. The molecule has 2 heteroatoms. The van der Waals surface area contributed by atoms with Crippen LogP contribution in [0.1, 0.15) is 44.2 Å². The van der Waals surface area contributed by atoms with Gasteiger partial charge in [0.15, 0.2) is 0 Å². The number of fused-ring (bicyclic) bond motifs is 1. The second-order valence-corrected chi connectivity index (χ2v) is 6.10. The zero-order chi connectivity index (χ0) is 13.0. The second-order valence-electron chi connectivity index (χ2n) is 6.10. The van der Waals surface area contributed by atoms with Crippen molar-refractivity contribution in [3.63, 3.8) is 0 Å². The summed E-state index contributed by atoms with van der Waals surface area (Å²) in [5, 5.41) is 0. The van der Waals surface area contributed by atoms with Gasteiger partial charge in [-0.1, -0.05) is 26.0 Å². The van der Waals surface area contributed by atoms with E-state index in [4.69, 9.17) is 10.5 Å². The summed E-state index contributed by atoms with van der Waals surface area (Å²) < 4.78 is 5.65. The van der Waals surface area contributed by atoms with E-state index in [1.54, 1.807) is 0 Å². The van der Waals surface area contributed by atoms with E-state index < -0.39 is 0 Å². The SMILES string of the molecule is CC(C)(CCN)CCc1ccc2c(c1)CCCO2. The third kappa shape index (κ3) is 3.49. The predicted octanol–water partition coefficient (Wildman–Crippen LogP) is 3.32. The van der Waals surface area contributed by atoms with Gasteiger partial charge in [-0.15, -0.1) is 0 Å². The molecule has 0 saturated heterocycles. The highest BCUT2D eigenvalue weighted by atomic mass is 16.5. The van der Waals surface area contributed by atoms with Gasteiger partial charge < -0.3 is 10.5 Å². The fraction of sp³-hybridized carbons (Fsp3) is 0.625. The van der Waals surface area contributed by atoms with Crippen molar-refractivity contribution in [3.05, 3.63) is 29.3 Å². The van der Waals surface area contributed by atoms with E-state index in [1.165, 1.54) is 17.5 Å². The van der Waals surface area contributed by atoms with Crippen LogP contribution < -0.4 is 10.5 Å². The average Bonchev–Trinajstić information content (AvgIpc) is 2.36. The van der Waals surface area contributed by atoms with Gasteiger partial charge in [-0.3, -0.25) is 0 Å². The van der Waals surface area contributed by atoms with E-state index >= 15 is 0 Å². The first kappa shape index (κ1) is 13.4. The second kappa shape index (κ2) is 5.75. The summed E-state index contributed by atoms with van der Waals surface area (Å²) >= 11 is 0. The van der Waals surface area contributed by atoms with Crippen LogP contribution in [-0.2, 0) is 12.8 Å². The highest BCUT2D eigenvalue weighted by molar-refractivity contribution is 5.38. The first-order valence-electron chi connectivity index (χ1n) is 7.05. The lowest BCUT2D eigenvalue weighted by atomic mass is 9.83. The molecule has 2 rings (SSSR count). The summed E-state index contributed by atoms with van der Waals surface area (Å²) in [7, 11) is 0. The van der Waals surface area contributed by atoms with Crippen LogP contribution in [0.4, 0.5) is 0 Å². The number of rotatable bonds is 5. The molecule has 1 aromatic carbocycles. The third-order valence-corrected chi connectivity index (χ3v) is 3.88. The quantitative estimate of drug-likeness (QED) is 0.866. The zero-order valence-corrected chi connectivity index (χ0v) is 11.7. The minimum atomic E-state index is 0.348. The number of hydrogen-bond donors (Lipinski definition) is 1. The molecule has 0 atom stereocenters. The fourth-order valence-electron chi connectivity index (χ4n) is 2.57. The molecule has 0 saturated carbocycles. The Kier molecular flexibility index (Phi) is 4.28. The van der Waals surface area contributed by atoms with Crippen LogP contribution in [0.25, 0.3) is 0 Å². The molecule has 0 fully saturated rings. The maximum atomic E-state index is 5.66. The van der Waals surface area contributed by atoms with Crippen molar-refractivity contribution in [1.29, 1.82) is 0 Å². The molecule has 1 heterocycles. The van der Waals surface area contributed by atoms with Crippen molar-refractivity contribution in [1.82, 2.24) is 0 Å². The Morgan fingerprint density at radius 2 is 2.11 bits per heavy atom. The summed E-state index contributed by atoms with van der Waals surface area (Å²) in [6, 6.07) is 6.68. The van der Waals surface area contributed by atoms with Crippen LogP contribution in [0.2, 0.25) is 0 Å². The highest BCUT2D eigenvalue weighted by Crippen LogP contribution is 2.29. The lowest BCUT2D eigenvalue weighted by Gasteiger charge is -2.24. The summed E-state index contributed by atoms with van der Waals surface area (Å²) in [4.78, 5) is 0. The Morgan fingerprint density at radius 3 is 2.89 bits per heavy atom. The zero-order valence-electron chi connectivity index (χ0n) is 11.7. The van der Waals surface area contributed by atoms with Crippen LogP contribution in [0.15, 0.2) is 18.2 Å². The van der Waals surface area contributed by atoms with Crippen LogP contribution in [-0.4, -0.2) is 13.2 Å². The molecule has 1 aromatic rings. The fourth-order valence-corrected chi connectivity index (χ4v) is 2.57. The van der Waals surface area contributed by atoms with E-state index in [0.717, 1.165) is 44.6 Å². The van der Waals surface area contributed by atoms with E-state index in [0.29, 0.717) is 5.41 Å². The van der Waals surface area contributed by atoms with Gasteiger partial charge in [-0.2, -0.15) is 0 Å². The average molecular weight is 247 g/mol. The van der Waals surface area contributed by atoms with E-state index in [1.807, 2.05) is 0 Å². The summed E-state index contributed by atoms with van der Waals surface area (Å²) in [6.07, 6.45) is 5.75. The monoisotopic (exact) mass is 247 g/mol. The molecule has 0 amide bonds. The molecule has 1 aliphatic rings. The Morgan fingerprint density at radius 1 is 1.28 bits per heavy atom. The molecule has 18 heavy (non-hydrogen) atoms. The van der Waals surface area contributed by atoms with Gasteiger partial charge in [0.2, 0.25) is 0 Å². The molecule has 2 nitrogen and oxygen atoms in total. The number of benzene rings is 1. The van der Waals surface area contributed by atoms with Crippen LogP contribution in [0.5, 0.6) is 5.75 Å². The lowest BCUT2D eigenvalue weighted by Crippen LogP contribution is -2.18. The summed E-state index contributed by atoms with van der Waals surface area (Å²) in [5.74, 6) is 1.09. The molecular weight excluding hydrogens is 222 g/mol. The van der Waals surface area contributed by atoms with Crippen molar-refractivity contribution < 1.29 is 4.74 Å². The third-order valence-electron chi connectivity index (χ3n) is 3.88. The van der Waals surface area contributed by atoms with Crippen LogP contribution >= 0.6 is 0 Å². The minimum absolute atomic E-state index is 0.348. The van der Waals surface area contributed by atoms with Crippen molar-refractivity contribution in [2.24, 2.45) is 11.1 Å². The van der Waals surface area contributed by atoms with Gasteiger partial charge in [-0.05, 0) is 61.3 Å². The van der Waals surface area contributed by atoms with Gasteiger partial charge >= 0.3 is 0 Å². The molecule has 2 N–H and O–H groups in total. The van der Waals surface area contributed by atoms with Crippen molar-refractivity contribution in [3.8, 4) is 5.75 Å². The molecule has 0 bridgehead atoms. The van der Waals surface area contributed by atoms with E-state index in [9.17, 15) is 0 Å². The van der Waals surface area contributed by atoms with E-state index in [-0.39, 0.29) is 0 Å². The van der Waals surface area contributed by atoms with E-state index in [2.05, 4.69) is 32.0 Å². The number of nitrogens with two attached hydrogens (primary N) is 1. The number of hydrogen-bond acceptors (Lipinski definition) is 2. The molecule has 1 aliphatic heterocycles. The molecule has 0 unspecified atom stereocenters. The predicted molar refractivity (Wildman–Crippen MR) is 76.0 cm³/mol. The smallest absolute Gasteiger partial charge is 0.122 e. The maximum Gasteiger partial charge on any atom is 0.122 e. The van der Waals surface area contributed by atoms with Crippen molar-refractivity contribution in [2.45, 2.75) is 46.0 Å². The normalized spacial score (nSPS) is 15.1. The first-order valence-corrected chi connectivity index (χ1v) is 7.05. The largest absolute Gasteiger partial charge is 0.493 e. The lowest BCUT2D eigenvalue weighted by molar-refractivity contribution is 0.288. The van der Waals surface area contributed by atoms with Gasteiger partial charge in [-0.25, -0.2) is 0 Å². The van der Waals surface area contributed by atoms with Gasteiger partial charge in [0, 0.05) is 0 Å². The summed E-state index contributed by atoms with van der Waals surface area (Å²) in [6.45, 7) is 6.27. The summed E-state index contributed by atoms with van der Waals surface area (Å²) in [5.41, 5.74) is 8.83. The number of aryl methyl sites for hydroxylation is 2. The molecular formula is C16H25NO. The Labute approximate surface area is 111 Å². The molecule has 0 radical (unpaired) electrons. The van der Waals surface area contributed by atoms with Crippen LogP contribution in [0.3, 0.4) is 0 Å². The Bertz CT molecular complexity index is 398. The van der Waals surface area contributed by atoms with Gasteiger partial charge in [0.25, 0.3) is 0 Å². The molecule has 0 spiro atoms. The highest BCUT2D eigenvalue weighted by Gasteiger charge is 2.17. The Balaban J connectivity index is 1.98. The topological polar surface area (TPSA) is 35.2 Å². The molecule has 0 aromatic heterocycles. The van der Waals surface area contributed by atoms with Crippen molar-refractivity contribution in [2.75, 3.05) is 13.2 Å². The molecule has 100 valence electrons. The first-order chi connectivity index (χ1) is 8.61. The standard InChI is InChI=1S/C16H25NO/c1-16(2,9-10-17)8-7-13-5-6-15-14(12-13)4-3-11-18-15/h5-6,12H,3-4,7-11,17H2,1-2H3. The molecule has 0 aliphatic carbocycles. The van der Waals surface area contributed by atoms with Gasteiger partial charge in [0.05, 0.1) is 6.61 Å². The van der Waals surface area contributed by atoms with Gasteiger partial charge in [0.1, 0.15) is 5.75 Å². The maximum absolute atomic E-state index is 5.66. The Hall–Kier alpha value is -1.02.